The highest BCUT2D eigenvalue weighted by molar-refractivity contribution is 7.27. The van der Waals surface area contributed by atoms with Crippen molar-refractivity contribution in [3.63, 3.8) is 0 Å². The van der Waals surface area contributed by atoms with Crippen LogP contribution in [0.4, 0.5) is 34.1 Å². The predicted molar refractivity (Wildman–Crippen MR) is 311 cm³/mol. The van der Waals surface area contributed by atoms with E-state index in [0.717, 1.165) is 50.8 Å². The minimum atomic E-state index is 1.09. The van der Waals surface area contributed by atoms with E-state index in [1.807, 2.05) is 34.0 Å². The van der Waals surface area contributed by atoms with Crippen LogP contribution in [0.3, 0.4) is 0 Å². The second-order valence-electron chi connectivity index (χ2n) is 18.0. The molecule has 0 bridgehead atoms. The summed E-state index contributed by atoms with van der Waals surface area (Å²) in [6.07, 6.45) is 0. The smallest absolute Gasteiger partial charge is 0.0640 e. The van der Waals surface area contributed by atoms with Crippen LogP contribution >= 0.6 is 34.0 Å². The summed E-state index contributed by atoms with van der Waals surface area (Å²) in [7, 11) is 0. The highest BCUT2D eigenvalue weighted by atomic mass is 32.1. The maximum Gasteiger partial charge on any atom is 0.0640 e. The van der Waals surface area contributed by atoms with E-state index in [9.17, 15) is 0 Å². The summed E-state index contributed by atoms with van der Waals surface area (Å²) in [6.45, 7) is 0. The molecule has 0 fully saturated rings. The minimum Gasteiger partial charge on any atom is -0.310 e. The Hall–Kier alpha value is -8.32. The van der Waals surface area contributed by atoms with Gasteiger partial charge in [0.2, 0.25) is 0 Å². The zero-order chi connectivity index (χ0) is 46.8. The Morgan fingerprint density at radius 3 is 1.27 bits per heavy atom. The molecular formula is C66H42N2S3. The van der Waals surface area contributed by atoms with E-state index in [2.05, 4.69) is 265 Å². The molecule has 0 saturated heterocycles. The number of hydrogen-bond donors (Lipinski definition) is 0. The first kappa shape index (κ1) is 41.6. The predicted octanol–water partition coefficient (Wildman–Crippen LogP) is 20.7. The number of benzene rings is 11. The van der Waals surface area contributed by atoms with Gasteiger partial charge in [0.25, 0.3) is 0 Å². The molecule has 14 rings (SSSR count). The first-order valence-corrected chi connectivity index (χ1v) is 26.4. The first-order chi connectivity index (χ1) is 35.2. The van der Waals surface area contributed by atoms with Crippen LogP contribution in [0.15, 0.2) is 255 Å². The number of fused-ring (bicyclic) bond motifs is 9. The summed E-state index contributed by atoms with van der Waals surface area (Å²) in [6, 6.07) is 93.8. The molecule has 0 aliphatic heterocycles. The third kappa shape index (κ3) is 7.20. The Balaban J connectivity index is 0.976. The Bertz CT molecular complexity index is 4310. The molecule has 0 aliphatic rings. The van der Waals surface area contributed by atoms with Crippen LogP contribution in [0.1, 0.15) is 0 Å². The van der Waals surface area contributed by atoms with E-state index in [0.29, 0.717) is 0 Å². The molecule has 334 valence electrons. The topological polar surface area (TPSA) is 6.48 Å². The molecule has 71 heavy (non-hydrogen) atoms. The summed E-state index contributed by atoms with van der Waals surface area (Å²) in [5.74, 6) is 0. The van der Waals surface area contributed by atoms with E-state index in [1.165, 1.54) is 77.2 Å². The fourth-order valence-electron chi connectivity index (χ4n) is 10.6. The summed E-state index contributed by atoms with van der Waals surface area (Å²) >= 11 is 5.59. The molecule has 2 nitrogen and oxygen atoms in total. The third-order valence-corrected chi connectivity index (χ3v) is 17.4. The number of hydrogen-bond acceptors (Lipinski definition) is 5. The molecular weight excluding hydrogens is 917 g/mol. The molecule has 5 heteroatoms. The van der Waals surface area contributed by atoms with Gasteiger partial charge in [0.15, 0.2) is 0 Å². The molecule has 0 amide bonds. The quantitative estimate of drug-likeness (QED) is 0.142. The number of para-hydroxylation sites is 2. The van der Waals surface area contributed by atoms with E-state index >= 15 is 0 Å². The molecule has 0 radical (unpaired) electrons. The lowest BCUT2D eigenvalue weighted by atomic mass is 9.97. The van der Waals surface area contributed by atoms with Gasteiger partial charge in [-0.2, -0.15) is 0 Å². The average Bonchev–Trinajstić information content (AvgIpc) is 4.13. The number of nitrogens with zero attached hydrogens (tertiary/aromatic N) is 2. The lowest BCUT2D eigenvalue weighted by Gasteiger charge is -2.31. The van der Waals surface area contributed by atoms with E-state index in [4.69, 9.17) is 0 Å². The van der Waals surface area contributed by atoms with Crippen LogP contribution in [-0.4, -0.2) is 0 Å². The number of anilines is 6. The van der Waals surface area contributed by atoms with Crippen molar-refractivity contribution in [2.45, 2.75) is 0 Å². The van der Waals surface area contributed by atoms with Crippen molar-refractivity contribution in [3.05, 3.63) is 255 Å². The number of thiophene rings is 3. The van der Waals surface area contributed by atoms with Gasteiger partial charge in [-0.25, -0.2) is 0 Å². The lowest BCUT2D eigenvalue weighted by molar-refractivity contribution is 1.28. The largest absolute Gasteiger partial charge is 0.310 e. The van der Waals surface area contributed by atoms with Crippen molar-refractivity contribution in [1.29, 1.82) is 0 Å². The van der Waals surface area contributed by atoms with Crippen LogP contribution in [-0.2, 0) is 0 Å². The Labute approximate surface area is 423 Å². The SMILES string of the molecule is c1ccc(-c2ccc(-c3cccc(N(c4ccc5c(c4)sc4ccccc45)c4ccccc4-c4ccccc4N(c4ccc5c(c4)sc4ccccc45)c4cccc5c4sc4ccccc45)c3)cc2)cc1. The van der Waals surface area contributed by atoms with Gasteiger partial charge < -0.3 is 9.80 Å². The molecule has 0 saturated carbocycles. The average molecular weight is 959 g/mol. The van der Waals surface area contributed by atoms with Gasteiger partial charge in [-0.1, -0.05) is 182 Å². The molecule has 3 heterocycles. The second-order valence-corrected chi connectivity index (χ2v) is 21.2. The van der Waals surface area contributed by atoms with Crippen molar-refractivity contribution < 1.29 is 0 Å². The molecule has 0 atom stereocenters. The minimum absolute atomic E-state index is 1.09. The zero-order valence-corrected chi connectivity index (χ0v) is 40.8. The zero-order valence-electron chi connectivity index (χ0n) is 38.4. The maximum absolute atomic E-state index is 2.51. The number of rotatable bonds is 9. The van der Waals surface area contributed by atoms with Gasteiger partial charge in [-0.15, -0.1) is 34.0 Å². The van der Waals surface area contributed by atoms with Crippen molar-refractivity contribution in [3.8, 4) is 33.4 Å². The molecule has 0 N–H and O–H groups in total. The normalized spacial score (nSPS) is 11.7. The molecule has 14 aromatic rings. The van der Waals surface area contributed by atoms with Crippen LogP contribution in [0.5, 0.6) is 0 Å². The highest BCUT2D eigenvalue weighted by Gasteiger charge is 2.25. The molecule has 3 aromatic heterocycles. The molecule has 0 spiro atoms. The van der Waals surface area contributed by atoms with Crippen molar-refractivity contribution in [2.24, 2.45) is 0 Å². The van der Waals surface area contributed by atoms with Crippen molar-refractivity contribution >= 4 is 129 Å². The monoisotopic (exact) mass is 958 g/mol. The lowest BCUT2D eigenvalue weighted by Crippen LogP contribution is -2.13. The summed E-state index contributed by atoms with van der Waals surface area (Å²) in [5.41, 5.74) is 13.7. The summed E-state index contributed by atoms with van der Waals surface area (Å²) in [5, 5.41) is 7.72. The van der Waals surface area contributed by atoms with Gasteiger partial charge in [0.1, 0.15) is 0 Å². The van der Waals surface area contributed by atoms with Crippen LogP contribution in [0.2, 0.25) is 0 Å². The van der Waals surface area contributed by atoms with Crippen molar-refractivity contribution in [1.82, 2.24) is 0 Å². The van der Waals surface area contributed by atoms with Crippen LogP contribution < -0.4 is 9.80 Å². The fraction of sp³-hybridized carbons (Fsp3) is 0. The standard InChI is InChI=1S/C66H42N2S3/c1-2-16-43(17-3-1)44-32-34-45(35-33-44)46-18-14-19-47(40-46)67(48-36-38-55-52-22-6-11-29-61(52)69-64(55)41-48)58-26-9-4-20-50(58)51-21-5-10-27-59(51)68(49-37-39-56-53-23-7-12-30-62(53)70-65(56)42-49)60-28-15-25-57-54-24-8-13-31-63(54)71-66(57)60/h1-42H. The summed E-state index contributed by atoms with van der Waals surface area (Å²) in [4.78, 5) is 4.99. The molecule has 11 aromatic carbocycles. The first-order valence-electron chi connectivity index (χ1n) is 24.0. The van der Waals surface area contributed by atoms with E-state index in [-0.39, 0.29) is 0 Å². The Kier molecular flexibility index (Phi) is 10.1. The van der Waals surface area contributed by atoms with Gasteiger partial charge in [0, 0.05) is 84.0 Å². The summed E-state index contributed by atoms with van der Waals surface area (Å²) < 4.78 is 7.68. The molecule has 0 aliphatic carbocycles. The van der Waals surface area contributed by atoms with Crippen LogP contribution in [0, 0.1) is 0 Å². The van der Waals surface area contributed by atoms with Gasteiger partial charge in [0.05, 0.1) is 21.8 Å². The van der Waals surface area contributed by atoms with E-state index in [1.54, 1.807) is 0 Å². The Morgan fingerprint density at radius 1 is 0.225 bits per heavy atom. The Morgan fingerprint density at radius 2 is 0.634 bits per heavy atom. The van der Waals surface area contributed by atoms with Gasteiger partial charge in [-0.05, 0) is 95.1 Å². The molecule has 0 unspecified atom stereocenters. The second kappa shape index (κ2) is 17.3. The van der Waals surface area contributed by atoms with Gasteiger partial charge >= 0.3 is 0 Å². The maximum atomic E-state index is 2.51. The highest BCUT2D eigenvalue weighted by Crippen LogP contribution is 2.51. The third-order valence-electron chi connectivity index (χ3n) is 13.9. The van der Waals surface area contributed by atoms with Crippen molar-refractivity contribution in [2.75, 3.05) is 9.80 Å². The fourth-order valence-corrected chi connectivity index (χ4v) is 14.0. The van der Waals surface area contributed by atoms with Crippen LogP contribution in [0.25, 0.3) is 93.9 Å². The van der Waals surface area contributed by atoms with E-state index < -0.39 is 0 Å². The van der Waals surface area contributed by atoms with Gasteiger partial charge in [-0.3, -0.25) is 0 Å².